The molecule has 37 heavy (non-hydrogen) atoms. The number of hydrogen-bond donors (Lipinski definition) is 4. The van der Waals surface area contributed by atoms with E-state index in [0.29, 0.717) is 12.5 Å². The van der Waals surface area contributed by atoms with Crippen molar-refractivity contribution in [3.8, 4) is 10.4 Å². The molecule has 0 saturated carbocycles. The maximum Gasteiger partial charge on any atom is 0.410 e. The van der Waals surface area contributed by atoms with E-state index in [-0.39, 0.29) is 24.0 Å². The number of nitrogens with two attached hydrogens (primary N) is 1. The quantitative estimate of drug-likeness (QED) is 0.183. The van der Waals surface area contributed by atoms with Crippen LogP contribution in [0.1, 0.15) is 42.1 Å². The predicted molar refractivity (Wildman–Crippen MR) is 148 cm³/mol. The van der Waals surface area contributed by atoms with E-state index >= 15 is 0 Å². The van der Waals surface area contributed by atoms with Crippen LogP contribution in [0.25, 0.3) is 10.4 Å². The summed E-state index contributed by atoms with van der Waals surface area (Å²) >= 11 is 1.69. The molecule has 1 amide bonds. The first-order valence-electron chi connectivity index (χ1n) is 12.9. The lowest BCUT2D eigenvalue weighted by atomic mass is 9.97. The Kier molecular flexibility index (Phi) is 7.71. The number of amidine groups is 1. The zero-order chi connectivity index (χ0) is 25.8. The molecule has 2 fully saturated rings. The molecular formula is C28H34N6O2S. The van der Waals surface area contributed by atoms with Crippen LogP contribution in [0.4, 0.5) is 10.5 Å². The average Bonchev–Trinajstić information content (AvgIpc) is 3.64. The van der Waals surface area contributed by atoms with Gasteiger partial charge >= 0.3 is 6.09 Å². The molecule has 1 aromatic heterocycles. The van der Waals surface area contributed by atoms with Crippen molar-refractivity contribution in [2.24, 2.45) is 11.7 Å². The topological polar surface area (TPSA) is 126 Å². The Bertz CT molecular complexity index is 1220. The smallest absolute Gasteiger partial charge is 0.410 e. The van der Waals surface area contributed by atoms with E-state index in [2.05, 4.69) is 41.8 Å². The number of nitrogens with zero attached hydrogens (tertiary/aromatic N) is 2. The molecule has 2 atom stereocenters. The number of nitrogens with one attached hydrogen (secondary N) is 3. The summed E-state index contributed by atoms with van der Waals surface area (Å²) in [5.41, 5.74) is 9.98. The van der Waals surface area contributed by atoms with E-state index in [9.17, 15) is 4.79 Å². The van der Waals surface area contributed by atoms with Crippen LogP contribution in [0, 0.1) is 11.3 Å². The number of ether oxygens (including phenoxy) is 1. The van der Waals surface area contributed by atoms with E-state index in [1.54, 1.807) is 11.3 Å². The van der Waals surface area contributed by atoms with Crippen LogP contribution in [0.15, 0.2) is 54.6 Å². The molecule has 2 unspecified atom stereocenters. The van der Waals surface area contributed by atoms with E-state index in [1.165, 1.54) is 4.88 Å². The molecule has 2 aliphatic heterocycles. The van der Waals surface area contributed by atoms with Gasteiger partial charge in [-0.15, -0.1) is 11.3 Å². The SMILES string of the molecule is CCc1nc(C2NC2C(=N)N)sc1-c1ccc(NCC2CCN(C(=O)OCc3ccccc3)CC2)cc1. The van der Waals surface area contributed by atoms with Crippen molar-refractivity contribution in [2.75, 3.05) is 25.0 Å². The van der Waals surface area contributed by atoms with Gasteiger partial charge in [0.05, 0.1) is 22.7 Å². The summed E-state index contributed by atoms with van der Waals surface area (Å²) in [5.74, 6) is 0.692. The van der Waals surface area contributed by atoms with Crippen LogP contribution >= 0.6 is 11.3 Å². The zero-order valence-corrected chi connectivity index (χ0v) is 21.9. The van der Waals surface area contributed by atoms with Gasteiger partial charge in [0.1, 0.15) is 17.5 Å². The lowest BCUT2D eigenvalue weighted by molar-refractivity contribution is 0.0832. The molecule has 2 saturated heterocycles. The summed E-state index contributed by atoms with van der Waals surface area (Å²) in [6, 6.07) is 18.3. The van der Waals surface area contributed by atoms with Gasteiger partial charge in [0.25, 0.3) is 0 Å². The van der Waals surface area contributed by atoms with Gasteiger partial charge in [0.15, 0.2) is 0 Å². The Morgan fingerprint density at radius 1 is 1.19 bits per heavy atom. The molecule has 0 aliphatic carbocycles. The highest BCUT2D eigenvalue weighted by molar-refractivity contribution is 7.15. The van der Waals surface area contributed by atoms with E-state index in [4.69, 9.17) is 20.9 Å². The van der Waals surface area contributed by atoms with Crippen LogP contribution in [0.5, 0.6) is 0 Å². The number of carbonyl (C=O) groups excluding carboxylic acids is 1. The summed E-state index contributed by atoms with van der Waals surface area (Å²) in [6.45, 7) is 4.78. The molecule has 8 nitrogen and oxygen atoms in total. The minimum absolute atomic E-state index is 0.0691. The van der Waals surface area contributed by atoms with Crippen molar-refractivity contribution in [3.63, 3.8) is 0 Å². The summed E-state index contributed by atoms with van der Waals surface area (Å²) < 4.78 is 5.48. The van der Waals surface area contributed by atoms with Gasteiger partial charge in [-0.1, -0.05) is 49.4 Å². The van der Waals surface area contributed by atoms with Gasteiger partial charge in [-0.05, 0) is 48.4 Å². The van der Waals surface area contributed by atoms with Crippen LogP contribution < -0.4 is 16.4 Å². The van der Waals surface area contributed by atoms with Gasteiger partial charge in [0, 0.05) is 25.3 Å². The number of anilines is 1. The molecule has 3 aromatic rings. The third-order valence-corrected chi connectivity index (χ3v) is 8.28. The van der Waals surface area contributed by atoms with Gasteiger partial charge in [-0.3, -0.25) is 10.7 Å². The van der Waals surface area contributed by atoms with Gasteiger partial charge < -0.3 is 20.7 Å². The fourth-order valence-corrected chi connectivity index (χ4v) is 5.98. The van der Waals surface area contributed by atoms with Crippen molar-refractivity contribution in [3.05, 3.63) is 70.9 Å². The first-order valence-corrected chi connectivity index (χ1v) is 13.7. The number of hydrogen-bond acceptors (Lipinski definition) is 7. The molecule has 0 radical (unpaired) electrons. The molecule has 5 rings (SSSR count). The van der Waals surface area contributed by atoms with Crippen LogP contribution in [-0.2, 0) is 17.8 Å². The van der Waals surface area contributed by atoms with Crippen molar-refractivity contribution >= 4 is 29.0 Å². The van der Waals surface area contributed by atoms with E-state index < -0.39 is 0 Å². The number of piperidine rings is 1. The Balaban J connectivity index is 1.09. The fraction of sp³-hybridized carbons (Fsp3) is 0.393. The maximum atomic E-state index is 12.4. The third kappa shape index (κ3) is 6.11. The Hall–Kier alpha value is -3.43. The highest BCUT2D eigenvalue weighted by Crippen LogP contribution is 2.39. The molecule has 3 heterocycles. The molecule has 9 heteroatoms. The second kappa shape index (κ2) is 11.3. The van der Waals surface area contributed by atoms with Crippen LogP contribution in [0.2, 0.25) is 0 Å². The summed E-state index contributed by atoms with van der Waals surface area (Å²) in [6.07, 6.45) is 2.57. The summed E-state index contributed by atoms with van der Waals surface area (Å²) in [7, 11) is 0. The van der Waals surface area contributed by atoms with Crippen molar-refractivity contribution in [1.29, 1.82) is 5.41 Å². The normalized spacial score (nSPS) is 19.4. The molecule has 2 aromatic carbocycles. The lowest BCUT2D eigenvalue weighted by Gasteiger charge is -2.31. The Morgan fingerprint density at radius 3 is 2.57 bits per heavy atom. The minimum Gasteiger partial charge on any atom is -0.445 e. The highest BCUT2D eigenvalue weighted by atomic mass is 32.1. The van der Waals surface area contributed by atoms with Crippen LogP contribution in [0.3, 0.4) is 0 Å². The molecule has 0 bridgehead atoms. The monoisotopic (exact) mass is 518 g/mol. The number of benzene rings is 2. The maximum absolute atomic E-state index is 12.4. The standard InChI is InChI=1S/C28H34N6O2S/c1-2-22-25(37-27(32-22)24-23(33-24)26(29)30)20-8-10-21(11-9-20)31-16-18-12-14-34(15-13-18)28(35)36-17-19-6-4-3-5-7-19/h3-11,18,23-24,31,33H,2,12-17H2,1H3,(H3,29,30). The molecule has 0 spiro atoms. The number of rotatable bonds is 9. The molecular weight excluding hydrogens is 484 g/mol. The summed E-state index contributed by atoms with van der Waals surface area (Å²) in [4.78, 5) is 20.2. The Labute approximate surface area is 221 Å². The second-order valence-electron chi connectivity index (χ2n) is 9.69. The largest absolute Gasteiger partial charge is 0.445 e. The van der Waals surface area contributed by atoms with E-state index in [1.807, 2.05) is 35.2 Å². The van der Waals surface area contributed by atoms with Gasteiger partial charge in [-0.2, -0.15) is 0 Å². The number of thiazole rings is 1. The predicted octanol–water partition coefficient (Wildman–Crippen LogP) is 4.78. The number of likely N-dealkylation sites (tertiary alicyclic amines) is 1. The van der Waals surface area contributed by atoms with Gasteiger partial charge in [-0.25, -0.2) is 9.78 Å². The first kappa shape index (κ1) is 25.2. The first-order chi connectivity index (χ1) is 18.0. The molecule has 5 N–H and O–H groups in total. The van der Waals surface area contributed by atoms with Crippen molar-refractivity contribution in [2.45, 2.75) is 44.9 Å². The van der Waals surface area contributed by atoms with Crippen molar-refractivity contribution < 1.29 is 9.53 Å². The van der Waals surface area contributed by atoms with Gasteiger partial charge in [0.2, 0.25) is 0 Å². The highest BCUT2D eigenvalue weighted by Gasteiger charge is 2.42. The number of aromatic nitrogens is 1. The van der Waals surface area contributed by atoms with Crippen LogP contribution in [-0.4, -0.2) is 47.5 Å². The molecule has 2 aliphatic rings. The molecule has 194 valence electrons. The number of aryl methyl sites for hydroxylation is 1. The minimum atomic E-state index is -0.224. The lowest BCUT2D eigenvalue weighted by Crippen LogP contribution is -2.40. The number of amides is 1. The van der Waals surface area contributed by atoms with Crippen molar-refractivity contribution in [1.82, 2.24) is 15.2 Å². The zero-order valence-electron chi connectivity index (χ0n) is 21.1. The Morgan fingerprint density at radius 2 is 1.92 bits per heavy atom. The van der Waals surface area contributed by atoms with E-state index in [0.717, 1.165) is 66.4 Å². The number of carbonyl (C=O) groups is 1. The fourth-order valence-electron chi connectivity index (χ4n) is 4.72. The third-order valence-electron chi connectivity index (χ3n) is 7.05. The summed E-state index contributed by atoms with van der Waals surface area (Å²) in [5, 5.41) is 15.4. The average molecular weight is 519 g/mol. The second-order valence-corrected chi connectivity index (χ2v) is 10.7.